The topological polar surface area (TPSA) is 43.6 Å². The van der Waals surface area contributed by atoms with Crippen LogP contribution in [0.25, 0.3) is 50.3 Å². The Morgan fingerprint density at radius 3 is 1.72 bits per heavy atom. The molecular weight excluding hydrogens is 440 g/mol. The van der Waals surface area contributed by atoms with Gasteiger partial charge in [-0.25, -0.2) is 4.98 Å². The standard InChI is InChI=1S/C28H20N4.C2H6.C2H4/c1-19-12-13-28-22(16-19)21-8-2-3-11-27(21)32(28)20-17-25(23-9-4-6-14-29-23)31-26(18-20)24-10-5-7-15-30-24;2*1-2/h2-18H,1H3;1-2H3;1-2H2. The summed E-state index contributed by atoms with van der Waals surface area (Å²) in [6.07, 6.45) is 3.60. The molecule has 0 bridgehead atoms. The predicted molar refractivity (Wildman–Crippen MR) is 152 cm³/mol. The first-order valence-electron chi connectivity index (χ1n) is 12.1. The number of nitrogens with zero attached hydrogens (tertiary/aromatic N) is 4. The summed E-state index contributed by atoms with van der Waals surface area (Å²) in [5, 5.41) is 2.48. The molecule has 0 amide bonds. The first-order valence-corrected chi connectivity index (χ1v) is 12.1. The number of fused-ring (bicyclic) bond motifs is 3. The van der Waals surface area contributed by atoms with Crippen molar-refractivity contribution in [2.24, 2.45) is 0 Å². The van der Waals surface area contributed by atoms with E-state index in [4.69, 9.17) is 4.98 Å². The molecule has 0 atom stereocenters. The fraction of sp³-hybridized carbons (Fsp3) is 0.0938. The van der Waals surface area contributed by atoms with Crippen molar-refractivity contribution in [1.29, 1.82) is 0 Å². The Kier molecular flexibility index (Phi) is 7.66. The first-order chi connectivity index (χ1) is 17.8. The number of hydrogen-bond donors (Lipinski definition) is 0. The van der Waals surface area contributed by atoms with Gasteiger partial charge in [0.25, 0.3) is 0 Å². The van der Waals surface area contributed by atoms with Crippen molar-refractivity contribution in [2.75, 3.05) is 0 Å². The second kappa shape index (κ2) is 11.2. The lowest BCUT2D eigenvalue weighted by Crippen LogP contribution is -1.99. The van der Waals surface area contributed by atoms with Crippen molar-refractivity contribution in [3.63, 3.8) is 0 Å². The molecule has 0 saturated carbocycles. The van der Waals surface area contributed by atoms with Crippen LogP contribution >= 0.6 is 0 Å². The van der Waals surface area contributed by atoms with E-state index in [1.54, 1.807) is 12.4 Å². The zero-order chi connectivity index (χ0) is 25.5. The second-order valence-electron chi connectivity index (χ2n) is 7.90. The summed E-state index contributed by atoms with van der Waals surface area (Å²) in [4.78, 5) is 14.0. The summed E-state index contributed by atoms with van der Waals surface area (Å²) in [6.45, 7) is 12.1. The Balaban J connectivity index is 0.000000726. The second-order valence-corrected chi connectivity index (χ2v) is 7.90. The molecule has 0 fully saturated rings. The van der Waals surface area contributed by atoms with Crippen molar-refractivity contribution in [3.8, 4) is 28.5 Å². The zero-order valence-corrected chi connectivity index (χ0v) is 21.0. The number of rotatable bonds is 3. The number of aromatic nitrogens is 4. The Labute approximate surface area is 212 Å². The third kappa shape index (κ3) is 4.66. The van der Waals surface area contributed by atoms with E-state index >= 15 is 0 Å². The molecule has 0 saturated heterocycles. The third-order valence-corrected chi connectivity index (χ3v) is 5.75. The Hall–Kier alpha value is -4.57. The maximum Gasteiger partial charge on any atom is 0.0915 e. The van der Waals surface area contributed by atoms with E-state index in [0.29, 0.717) is 0 Å². The summed E-state index contributed by atoms with van der Waals surface area (Å²) in [5.74, 6) is 0. The van der Waals surface area contributed by atoms with Crippen LogP contribution in [-0.4, -0.2) is 19.5 Å². The van der Waals surface area contributed by atoms with Gasteiger partial charge < -0.3 is 4.57 Å². The number of pyridine rings is 3. The van der Waals surface area contributed by atoms with Gasteiger partial charge in [0.1, 0.15) is 0 Å². The molecule has 0 radical (unpaired) electrons. The highest BCUT2D eigenvalue weighted by atomic mass is 15.0. The molecule has 4 heterocycles. The third-order valence-electron chi connectivity index (χ3n) is 5.75. The van der Waals surface area contributed by atoms with Crippen LogP contribution in [0.5, 0.6) is 0 Å². The zero-order valence-electron chi connectivity index (χ0n) is 21.0. The first kappa shape index (κ1) is 24.6. The highest BCUT2D eigenvalue weighted by Gasteiger charge is 2.15. The molecule has 0 aliphatic rings. The predicted octanol–water partition coefficient (Wildman–Crippen LogP) is 8.44. The molecule has 4 nitrogen and oxygen atoms in total. The lowest BCUT2D eigenvalue weighted by atomic mass is 10.1. The van der Waals surface area contributed by atoms with Crippen molar-refractivity contribution in [2.45, 2.75) is 20.8 Å². The van der Waals surface area contributed by atoms with Gasteiger partial charge in [-0.2, -0.15) is 0 Å². The summed E-state index contributed by atoms with van der Waals surface area (Å²) >= 11 is 0. The van der Waals surface area contributed by atoms with Gasteiger partial charge >= 0.3 is 0 Å². The van der Waals surface area contributed by atoms with Crippen molar-refractivity contribution in [1.82, 2.24) is 19.5 Å². The molecule has 2 aromatic carbocycles. The van der Waals surface area contributed by atoms with E-state index in [-0.39, 0.29) is 0 Å². The lowest BCUT2D eigenvalue weighted by molar-refractivity contribution is 1.14. The number of benzene rings is 2. The number of hydrogen-bond acceptors (Lipinski definition) is 3. The van der Waals surface area contributed by atoms with Crippen LogP contribution in [0.15, 0.2) is 117 Å². The average molecular weight is 471 g/mol. The molecule has 6 rings (SSSR count). The molecule has 0 unspecified atom stereocenters. The largest absolute Gasteiger partial charge is 0.309 e. The van der Waals surface area contributed by atoms with Crippen molar-refractivity contribution >= 4 is 21.8 Å². The highest BCUT2D eigenvalue weighted by molar-refractivity contribution is 6.09. The van der Waals surface area contributed by atoms with E-state index in [2.05, 4.69) is 89.2 Å². The monoisotopic (exact) mass is 470 g/mol. The summed E-state index contributed by atoms with van der Waals surface area (Å²) < 4.78 is 2.31. The quantitative estimate of drug-likeness (QED) is 0.244. The van der Waals surface area contributed by atoms with E-state index in [9.17, 15) is 0 Å². The maximum atomic E-state index is 4.92. The Morgan fingerprint density at radius 2 is 1.14 bits per heavy atom. The van der Waals surface area contributed by atoms with Crippen LogP contribution in [0, 0.1) is 6.92 Å². The van der Waals surface area contributed by atoms with Crippen LogP contribution in [0.2, 0.25) is 0 Å². The van der Waals surface area contributed by atoms with E-state index in [1.165, 1.54) is 27.4 Å². The fourth-order valence-corrected chi connectivity index (χ4v) is 4.30. The molecule has 6 aromatic rings. The van der Waals surface area contributed by atoms with Crippen LogP contribution < -0.4 is 0 Å². The molecule has 0 aliphatic heterocycles. The van der Waals surface area contributed by atoms with Gasteiger partial charge in [-0.1, -0.05) is 55.8 Å². The summed E-state index contributed by atoms with van der Waals surface area (Å²) in [5.41, 5.74) is 7.94. The Bertz CT molecular complexity index is 1530. The smallest absolute Gasteiger partial charge is 0.0915 e. The molecule has 0 N–H and O–H groups in total. The van der Waals surface area contributed by atoms with Crippen LogP contribution in [0.1, 0.15) is 19.4 Å². The SMILES string of the molecule is C=C.CC.Cc1ccc2c(c1)c1ccccc1n2-c1cc(-c2ccccn2)nc(-c2ccccn2)c1. The summed E-state index contributed by atoms with van der Waals surface area (Å²) in [6, 6.07) is 31.2. The molecule has 0 aliphatic carbocycles. The van der Waals surface area contributed by atoms with Gasteiger partial charge in [0.2, 0.25) is 0 Å². The average Bonchev–Trinajstić information content (AvgIpc) is 3.29. The molecule has 0 spiro atoms. The minimum Gasteiger partial charge on any atom is -0.309 e. The van der Waals surface area contributed by atoms with E-state index in [0.717, 1.165) is 28.5 Å². The van der Waals surface area contributed by atoms with Gasteiger partial charge in [0.15, 0.2) is 0 Å². The van der Waals surface area contributed by atoms with Gasteiger partial charge in [0, 0.05) is 23.2 Å². The number of aryl methyl sites for hydroxylation is 1. The Morgan fingerprint density at radius 1 is 0.583 bits per heavy atom. The van der Waals surface area contributed by atoms with Gasteiger partial charge in [-0.15, -0.1) is 13.2 Å². The maximum absolute atomic E-state index is 4.92. The molecular formula is C32H30N4. The van der Waals surface area contributed by atoms with Crippen molar-refractivity contribution < 1.29 is 0 Å². The molecule has 36 heavy (non-hydrogen) atoms. The van der Waals surface area contributed by atoms with E-state index in [1.807, 2.05) is 50.2 Å². The molecule has 178 valence electrons. The summed E-state index contributed by atoms with van der Waals surface area (Å²) in [7, 11) is 0. The lowest BCUT2D eigenvalue weighted by Gasteiger charge is -2.12. The minimum absolute atomic E-state index is 0.821. The highest BCUT2D eigenvalue weighted by Crippen LogP contribution is 2.34. The fourth-order valence-electron chi connectivity index (χ4n) is 4.30. The van der Waals surface area contributed by atoms with Crippen molar-refractivity contribution in [3.05, 3.63) is 122 Å². The number of para-hydroxylation sites is 1. The molecule has 4 heteroatoms. The normalized spacial score (nSPS) is 10.3. The van der Waals surface area contributed by atoms with Crippen LogP contribution in [-0.2, 0) is 0 Å². The van der Waals surface area contributed by atoms with E-state index < -0.39 is 0 Å². The molecule has 4 aromatic heterocycles. The van der Waals surface area contributed by atoms with Gasteiger partial charge in [-0.05, 0) is 61.5 Å². The van der Waals surface area contributed by atoms with Crippen LogP contribution in [0.3, 0.4) is 0 Å². The van der Waals surface area contributed by atoms with Gasteiger partial charge in [0.05, 0.1) is 39.5 Å². The minimum atomic E-state index is 0.821. The van der Waals surface area contributed by atoms with Crippen LogP contribution in [0.4, 0.5) is 0 Å². The van der Waals surface area contributed by atoms with Gasteiger partial charge in [-0.3, -0.25) is 9.97 Å².